The van der Waals surface area contributed by atoms with Gasteiger partial charge in [-0.1, -0.05) is 40.5 Å². The van der Waals surface area contributed by atoms with Gasteiger partial charge in [0, 0.05) is 24.2 Å². The van der Waals surface area contributed by atoms with Crippen LogP contribution in [-0.2, 0) is 19.1 Å². The van der Waals surface area contributed by atoms with Crippen LogP contribution in [0.3, 0.4) is 0 Å². The normalized spacial score (nSPS) is 39.0. The highest BCUT2D eigenvalue weighted by atomic mass is 16.6. The third kappa shape index (κ3) is 5.05. The van der Waals surface area contributed by atoms with Crippen molar-refractivity contribution in [3.63, 3.8) is 0 Å². The molecule has 0 spiro atoms. The molecule has 0 N–H and O–H groups in total. The number of epoxide rings is 1. The van der Waals surface area contributed by atoms with Gasteiger partial charge in [0.25, 0.3) is 0 Å². The maximum Gasteiger partial charge on any atom is 0.305 e. The summed E-state index contributed by atoms with van der Waals surface area (Å²) in [5, 5.41) is 0. The average molecular weight is 338 g/mol. The molecule has 0 aromatic rings. The molecule has 4 heteroatoms. The van der Waals surface area contributed by atoms with Crippen molar-refractivity contribution in [2.75, 3.05) is 6.61 Å². The molecule has 2 rings (SSSR count). The standard InChI is InChI=1S/C20H34O4/c1-14-7-6-10-20(5)16(24-20)9-12-23-17(21)8-11-19(3,4)18(22)15(2)13-14/h14-16H,6-13H2,1-5H3. The van der Waals surface area contributed by atoms with E-state index in [9.17, 15) is 9.59 Å². The number of rotatable bonds is 0. The molecule has 0 radical (unpaired) electrons. The van der Waals surface area contributed by atoms with Gasteiger partial charge in [0.2, 0.25) is 0 Å². The van der Waals surface area contributed by atoms with E-state index in [4.69, 9.17) is 9.47 Å². The van der Waals surface area contributed by atoms with E-state index >= 15 is 0 Å². The third-order valence-corrected chi connectivity index (χ3v) is 5.87. The summed E-state index contributed by atoms with van der Waals surface area (Å²) in [6.45, 7) is 10.8. The third-order valence-electron chi connectivity index (χ3n) is 5.87. The molecule has 24 heavy (non-hydrogen) atoms. The van der Waals surface area contributed by atoms with E-state index in [0.29, 0.717) is 25.4 Å². The van der Waals surface area contributed by atoms with E-state index in [-0.39, 0.29) is 29.4 Å². The number of esters is 1. The lowest BCUT2D eigenvalue weighted by atomic mass is 9.75. The molecule has 2 aliphatic rings. The second-order valence-electron chi connectivity index (χ2n) is 8.81. The van der Waals surface area contributed by atoms with Crippen LogP contribution in [-0.4, -0.2) is 30.1 Å². The Kier molecular flexibility index (Phi) is 6.11. The van der Waals surface area contributed by atoms with Crippen molar-refractivity contribution in [1.29, 1.82) is 0 Å². The maximum absolute atomic E-state index is 12.7. The highest BCUT2D eigenvalue weighted by molar-refractivity contribution is 5.86. The Morgan fingerprint density at radius 3 is 2.46 bits per heavy atom. The first-order chi connectivity index (χ1) is 11.1. The number of ether oxygens (including phenoxy) is 2. The summed E-state index contributed by atoms with van der Waals surface area (Å²) < 4.78 is 11.2. The molecule has 4 nitrogen and oxygen atoms in total. The Hall–Kier alpha value is -0.900. The summed E-state index contributed by atoms with van der Waals surface area (Å²) in [4.78, 5) is 24.7. The summed E-state index contributed by atoms with van der Waals surface area (Å²) >= 11 is 0. The first-order valence-corrected chi connectivity index (χ1v) is 9.52. The van der Waals surface area contributed by atoms with Crippen molar-refractivity contribution in [3.8, 4) is 0 Å². The van der Waals surface area contributed by atoms with Gasteiger partial charge in [0.05, 0.1) is 18.3 Å². The van der Waals surface area contributed by atoms with Crippen LogP contribution in [0.2, 0.25) is 0 Å². The van der Waals surface area contributed by atoms with Crippen LogP contribution in [0.25, 0.3) is 0 Å². The van der Waals surface area contributed by atoms with Gasteiger partial charge < -0.3 is 9.47 Å². The number of fused-ring (bicyclic) bond motifs is 1. The molecule has 138 valence electrons. The number of hydrogen-bond acceptors (Lipinski definition) is 4. The van der Waals surface area contributed by atoms with E-state index < -0.39 is 5.41 Å². The Morgan fingerprint density at radius 1 is 1.04 bits per heavy atom. The van der Waals surface area contributed by atoms with E-state index in [1.807, 2.05) is 20.8 Å². The van der Waals surface area contributed by atoms with Gasteiger partial charge in [-0.25, -0.2) is 0 Å². The molecule has 2 saturated heterocycles. The number of Topliss-reactive ketones (excluding diaryl/α,β-unsaturated/α-hetero) is 1. The van der Waals surface area contributed by atoms with Crippen LogP contribution < -0.4 is 0 Å². The van der Waals surface area contributed by atoms with Crippen molar-refractivity contribution in [1.82, 2.24) is 0 Å². The van der Waals surface area contributed by atoms with Crippen LogP contribution in [0, 0.1) is 17.3 Å². The molecule has 0 bridgehead atoms. The van der Waals surface area contributed by atoms with Gasteiger partial charge in [-0.2, -0.15) is 0 Å². The Morgan fingerprint density at radius 2 is 1.75 bits per heavy atom. The fraction of sp³-hybridized carbons (Fsp3) is 0.900. The summed E-state index contributed by atoms with van der Waals surface area (Å²) in [5.74, 6) is 0.649. The van der Waals surface area contributed by atoms with Crippen LogP contribution in [0.15, 0.2) is 0 Å². The fourth-order valence-electron chi connectivity index (χ4n) is 4.06. The zero-order chi connectivity index (χ0) is 18.0. The highest BCUT2D eigenvalue weighted by Crippen LogP contribution is 2.43. The molecule has 0 aromatic carbocycles. The lowest BCUT2D eigenvalue weighted by Gasteiger charge is -2.28. The van der Waals surface area contributed by atoms with Crippen molar-refractivity contribution in [3.05, 3.63) is 0 Å². The van der Waals surface area contributed by atoms with Crippen LogP contribution in [0.1, 0.15) is 79.6 Å². The molecule has 0 aliphatic carbocycles. The molecule has 0 saturated carbocycles. The lowest BCUT2D eigenvalue weighted by molar-refractivity contribution is -0.145. The lowest BCUT2D eigenvalue weighted by Crippen LogP contribution is -2.31. The Labute approximate surface area is 146 Å². The molecule has 4 unspecified atom stereocenters. The summed E-state index contributed by atoms with van der Waals surface area (Å²) in [6, 6.07) is 0. The Balaban J connectivity index is 1.99. The predicted molar refractivity (Wildman–Crippen MR) is 93.7 cm³/mol. The first kappa shape index (κ1) is 19.4. The summed E-state index contributed by atoms with van der Waals surface area (Å²) in [7, 11) is 0. The highest BCUT2D eigenvalue weighted by Gasteiger charge is 2.51. The van der Waals surface area contributed by atoms with Crippen molar-refractivity contribution >= 4 is 11.8 Å². The van der Waals surface area contributed by atoms with Gasteiger partial charge in [-0.15, -0.1) is 0 Å². The van der Waals surface area contributed by atoms with Gasteiger partial charge in [0.15, 0.2) is 0 Å². The van der Waals surface area contributed by atoms with Gasteiger partial charge in [0.1, 0.15) is 5.78 Å². The smallest absolute Gasteiger partial charge is 0.305 e. The number of ketones is 1. The van der Waals surface area contributed by atoms with Gasteiger partial charge in [-0.3, -0.25) is 9.59 Å². The largest absolute Gasteiger partial charge is 0.466 e. The zero-order valence-electron chi connectivity index (χ0n) is 16.0. The minimum atomic E-state index is -0.465. The summed E-state index contributed by atoms with van der Waals surface area (Å²) in [6.07, 6.45) is 6.10. The van der Waals surface area contributed by atoms with Crippen LogP contribution in [0.5, 0.6) is 0 Å². The number of hydrogen-bond donors (Lipinski definition) is 0. The molecular formula is C20H34O4. The molecule has 2 aliphatic heterocycles. The van der Waals surface area contributed by atoms with Crippen molar-refractivity contribution in [2.45, 2.75) is 91.3 Å². The van der Waals surface area contributed by atoms with Crippen LogP contribution in [0.4, 0.5) is 0 Å². The van der Waals surface area contributed by atoms with Gasteiger partial charge in [-0.05, 0) is 32.1 Å². The van der Waals surface area contributed by atoms with E-state index in [1.54, 1.807) is 0 Å². The monoisotopic (exact) mass is 338 g/mol. The number of carbonyl (C=O) groups is 2. The second-order valence-corrected chi connectivity index (χ2v) is 8.81. The summed E-state index contributed by atoms with van der Waals surface area (Å²) in [5.41, 5.74) is -0.500. The van der Waals surface area contributed by atoms with E-state index in [1.165, 1.54) is 0 Å². The number of carbonyl (C=O) groups excluding carboxylic acids is 2. The fourth-order valence-corrected chi connectivity index (χ4v) is 4.06. The first-order valence-electron chi connectivity index (χ1n) is 9.52. The van der Waals surface area contributed by atoms with Gasteiger partial charge >= 0.3 is 5.97 Å². The molecule has 2 fully saturated rings. The molecule has 2 heterocycles. The van der Waals surface area contributed by atoms with Crippen LogP contribution >= 0.6 is 0 Å². The maximum atomic E-state index is 12.7. The van der Waals surface area contributed by atoms with E-state index in [2.05, 4.69) is 13.8 Å². The number of cyclic esters (lactones) is 1. The zero-order valence-corrected chi connectivity index (χ0v) is 16.0. The van der Waals surface area contributed by atoms with Crippen molar-refractivity contribution < 1.29 is 19.1 Å². The molecule has 0 amide bonds. The predicted octanol–water partition coefficient (Wildman–Crippen LogP) is 4.30. The minimum Gasteiger partial charge on any atom is -0.466 e. The molecule has 4 atom stereocenters. The van der Waals surface area contributed by atoms with E-state index in [0.717, 1.165) is 32.1 Å². The molecule has 0 aromatic heterocycles. The SMILES string of the molecule is CC1CCCC2(C)OC2CCOC(=O)CCC(C)(C)C(=O)C(C)C1. The van der Waals surface area contributed by atoms with Crippen molar-refractivity contribution in [2.24, 2.45) is 17.3 Å². The Bertz CT molecular complexity index is 470. The minimum absolute atomic E-state index is 0.0351. The quantitative estimate of drug-likeness (QED) is 0.488. The second kappa shape index (κ2) is 7.55. The molecular weight excluding hydrogens is 304 g/mol. The topological polar surface area (TPSA) is 55.9 Å². The average Bonchev–Trinajstić information content (AvgIpc) is 3.13.